The molecule has 0 bridgehead atoms. The van der Waals surface area contributed by atoms with Crippen LogP contribution in [-0.2, 0) is 21.2 Å². The molecule has 0 fully saturated rings. The number of nitrogens with zero attached hydrogens (tertiary/aromatic N) is 1. The molecule has 0 amide bonds. The van der Waals surface area contributed by atoms with Crippen LogP contribution in [0.15, 0.2) is 63.9 Å². The van der Waals surface area contributed by atoms with E-state index < -0.39 is 20.9 Å². The second-order valence-corrected chi connectivity index (χ2v) is 9.26. The van der Waals surface area contributed by atoms with Gasteiger partial charge in [-0.1, -0.05) is 37.3 Å². The third kappa shape index (κ3) is 4.19. The van der Waals surface area contributed by atoms with Gasteiger partial charge in [0.2, 0.25) is 0 Å². The number of esters is 1. The number of carbonyl (C=O) groups excluding carboxylic acids is 1. The lowest BCUT2D eigenvalue weighted by atomic mass is 10.0. The van der Waals surface area contributed by atoms with Crippen molar-refractivity contribution < 1.29 is 27.3 Å². The van der Waals surface area contributed by atoms with E-state index in [2.05, 4.69) is 4.72 Å². The number of benzene rings is 3. The molecule has 1 aromatic heterocycles. The van der Waals surface area contributed by atoms with Crippen molar-refractivity contribution in [3.63, 3.8) is 0 Å². The van der Waals surface area contributed by atoms with Gasteiger partial charge in [-0.05, 0) is 25.5 Å². The highest BCUT2D eigenvalue weighted by Crippen LogP contribution is 2.38. The van der Waals surface area contributed by atoms with Crippen LogP contribution in [0.2, 0.25) is 0 Å². The smallest absolute Gasteiger partial charge is 0.342 e. The van der Waals surface area contributed by atoms with Gasteiger partial charge in [0.05, 0.1) is 22.1 Å². The number of nitro groups is 1. The zero-order valence-electron chi connectivity index (χ0n) is 18.5. The van der Waals surface area contributed by atoms with Crippen LogP contribution < -0.4 is 4.72 Å². The van der Waals surface area contributed by atoms with Gasteiger partial charge in [-0.25, -0.2) is 13.2 Å². The number of furan rings is 1. The first-order valence-electron chi connectivity index (χ1n) is 10.7. The SMILES string of the molecule is CCCc1oc2c(cc(NS(=O)(=O)c3cccc([N+](=O)[O-])c3)c3ccccc32)c1C(=O)OCC. The van der Waals surface area contributed by atoms with E-state index in [1.165, 1.54) is 18.2 Å². The van der Waals surface area contributed by atoms with E-state index in [0.717, 1.165) is 12.5 Å². The highest BCUT2D eigenvalue weighted by molar-refractivity contribution is 7.92. The summed E-state index contributed by atoms with van der Waals surface area (Å²) < 4.78 is 40.1. The molecule has 0 unspecified atom stereocenters. The third-order valence-electron chi connectivity index (χ3n) is 5.31. The zero-order valence-corrected chi connectivity index (χ0v) is 19.3. The number of nitro benzene ring substituents is 1. The molecule has 1 N–H and O–H groups in total. The molecule has 34 heavy (non-hydrogen) atoms. The molecule has 3 aromatic carbocycles. The van der Waals surface area contributed by atoms with Crippen molar-refractivity contribution >= 4 is 49.1 Å². The predicted octanol–water partition coefficient (Wildman–Crippen LogP) is 5.42. The number of nitrogens with one attached hydrogen (secondary N) is 1. The fourth-order valence-corrected chi connectivity index (χ4v) is 4.96. The molecular weight excluding hydrogens is 460 g/mol. The summed E-state index contributed by atoms with van der Waals surface area (Å²) >= 11 is 0. The van der Waals surface area contributed by atoms with E-state index >= 15 is 0 Å². The Hall–Kier alpha value is -3.92. The molecule has 0 aliphatic heterocycles. The van der Waals surface area contributed by atoms with Crippen LogP contribution in [0.5, 0.6) is 0 Å². The molecule has 0 radical (unpaired) electrons. The Bertz CT molecular complexity index is 1520. The minimum atomic E-state index is -4.18. The quantitative estimate of drug-likeness (QED) is 0.201. The number of carbonyl (C=O) groups is 1. The van der Waals surface area contributed by atoms with Crippen molar-refractivity contribution in [3.8, 4) is 0 Å². The first kappa shape index (κ1) is 23.2. The Morgan fingerprint density at radius 3 is 2.47 bits per heavy atom. The Labute approximate surface area is 195 Å². The number of sulfonamides is 1. The topological polar surface area (TPSA) is 129 Å². The number of non-ortho nitro benzene ring substituents is 1. The second-order valence-electron chi connectivity index (χ2n) is 7.58. The van der Waals surface area contributed by atoms with Crippen LogP contribution in [0.3, 0.4) is 0 Å². The number of hydrogen-bond donors (Lipinski definition) is 1. The zero-order chi connectivity index (χ0) is 24.5. The second kappa shape index (κ2) is 9.14. The summed E-state index contributed by atoms with van der Waals surface area (Å²) in [6.45, 7) is 3.84. The fourth-order valence-electron chi connectivity index (χ4n) is 3.85. The largest absolute Gasteiger partial charge is 0.462 e. The van der Waals surface area contributed by atoms with Crippen molar-refractivity contribution in [2.45, 2.75) is 31.6 Å². The molecule has 10 heteroatoms. The van der Waals surface area contributed by atoms with Gasteiger partial charge in [0.15, 0.2) is 0 Å². The van der Waals surface area contributed by atoms with Gasteiger partial charge in [0.25, 0.3) is 15.7 Å². The van der Waals surface area contributed by atoms with Crippen LogP contribution in [0.1, 0.15) is 36.4 Å². The van der Waals surface area contributed by atoms with Crippen molar-refractivity contribution in [2.75, 3.05) is 11.3 Å². The van der Waals surface area contributed by atoms with Gasteiger partial charge in [0, 0.05) is 34.7 Å². The summed E-state index contributed by atoms with van der Waals surface area (Å²) in [6, 6.07) is 13.4. The lowest BCUT2D eigenvalue weighted by Crippen LogP contribution is -2.13. The summed E-state index contributed by atoms with van der Waals surface area (Å²) in [5.74, 6) is -0.0766. The summed E-state index contributed by atoms with van der Waals surface area (Å²) in [5.41, 5.74) is 0.594. The Kier molecular flexibility index (Phi) is 6.25. The Morgan fingerprint density at radius 1 is 1.06 bits per heavy atom. The van der Waals surface area contributed by atoms with Crippen LogP contribution in [0, 0.1) is 10.1 Å². The van der Waals surface area contributed by atoms with Gasteiger partial charge in [0.1, 0.15) is 16.9 Å². The van der Waals surface area contributed by atoms with Crippen LogP contribution in [0.4, 0.5) is 11.4 Å². The third-order valence-corrected chi connectivity index (χ3v) is 6.67. The van der Waals surface area contributed by atoms with Crippen molar-refractivity contribution in [1.29, 1.82) is 0 Å². The number of anilines is 1. The highest BCUT2D eigenvalue weighted by Gasteiger charge is 2.25. The number of aryl methyl sites for hydroxylation is 1. The molecule has 0 saturated heterocycles. The fraction of sp³-hybridized carbons (Fsp3) is 0.208. The van der Waals surface area contributed by atoms with Gasteiger partial charge in [-0.3, -0.25) is 14.8 Å². The van der Waals surface area contributed by atoms with Crippen molar-refractivity contribution in [1.82, 2.24) is 0 Å². The van der Waals surface area contributed by atoms with Gasteiger partial charge < -0.3 is 9.15 Å². The maximum atomic E-state index is 13.1. The van der Waals surface area contributed by atoms with Gasteiger partial charge in [-0.15, -0.1) is 0 Å². The number of hydrogen-bond acceptors (Lipinski definition) is 7. The average molecular weight is 483 g/mol. The Morgan fingerprint density at radius 2 is 1.79 bits per heavy atom. The number of rotatable bonds is 8. The van der Waals surface area contributed by atoms with E-state index in [0.29, 0.717) is 33.9 Å². The van der Waals surface area contributed by atoms with Crippen LogP contribution in [0.25, 0.3) is 21.7 Å². The molecule has 0 atom stereocenters. The molecule has 0 aliphatic rings. The van der Waals surface area contributed by atoms with E-state index in [-0.39, 0.29) is 28.4 Å². The minimum Gasteiger partial charge on any atom is -0.462 e. The van der Waals surface area contributed by atoms with E-state index in [1.807, 2.05) is 6.92 Å². The minimum absolute atomic E-state index is 0.178. The maximum absolute atomic E-state index is 13.1. The summed E-state index contributed by atoms with van der Waals surface area (Å²) in [6.07, 6.45) is 1.24. The first-order valence-corrected chi connectivity index (χ1v) is 12.2. The summed E-state index contributed by atoms with van der Waals surface area (Å²) in [7, 11) is -4.18. The molecule has 176 valence electrons. The molecule has 4 rings (SSSR count). The highest BCUT2D eigenvalue weighted by atomic mass is 32.2. The van der Waals surface area contributed by atoms with Crippen molar-refractivity contribution in [3.05, 3.63) is 76.0 Å². The van der Waals surface area contributed by atoms with E-state index in [1.54, 1.807) is 37.3 Å². The standard InChI is InChI=1S/C24H22N2O7S/c1-3-8-21-22(24(27)32-4-2)19-14-20(17-11-5-6-12-18(17)23(19)33-21)25-34(30,31)16-10-7-9-15(13-16)26(28)29/h5-7,9-14,25H,3-4,8H2,1-2H3. The number of ether oxygens (including phenoxy) is 1. The maximum Gasteiger partial charge on any atom is 0.342 e. The monoisotopic (exact) mass is 482 g/mol. The number of fused-ring (bicyclic) bond motifs is 3. The molecule has 4 aromatic rings. The molecule has 0 spiro atoms. The molecule has 0 aliphatic carbocycles. The first-order chi connectivity index (χ1) is 16.3. The molecular formula is C24H22N2O7S. The predicted molar refractivity (Wildman–Crippen MR) is 128 cm³/mol. The Balaban J connectivity index is 1.93. The van der Waals surface area contributed by atoms with Gasteiger partial charge in [-0.2, -0.15) is 0 Å². The van der Waals surface area contributed by atoms with Crippen molar-refractivity contribution in [2.24, 2.45) is 0 Å². The molecule has 0 saturated carbocycles. The van der Waals surface area contributed by atoms with E-state index in [9.17, 15) is 23.3 Å². The van der Waals surface area contributed by atoms with Gasteiger partial charge >= 0.3 is 5.97 Å². The van der Waals surface area contributed by atoms with Crippen LogP contribution >= 0.6 is 0 Å². The molecule has 1 heterocycles. The lowest BCUT2D eigenvalue weighted by Gasteiger charge is -2.12. The lowest BCUT2D eigenvalue weighted by molar-refractivity contribution is -0.385. The summed E-state index contributed by atoms with van der Waals surface area (Å²) in [5, 5.41) is 12.7. The molecule has 9 nitrogen and oxygen atoms in total. The average Bonchev–Trinajstić information content (AvgIpc) is 3.17. The van der Waals surface area contributed by atoms with Crippen LogP contribution in [-0.4, -0.2) is 25.9 Å². The normalized spacial score (nSPS) is 11.6. The summed E-state index contributed by atoms with van der Waals surface area (Å²) in [4.78, 5) is 23.0. The van der Waals surface area contributed by atoms with E-state index in [4.69, 9.17) is 9.15 Å².